The summed E-state index contributed by atoms with van der Waals surface area (Å²) in [4.78, 5) is 25.0. The van der Waals surface area contributed by atoms with Crippen LogP contribution in [-0.4, -0.2) is 40.2 Å². The number of amides is 1. The zero-order valence-electron chi connectivity index (χ0n) is 11.3. The molecular weight excluding hydrogens is 280 g/mol. The summed E-state index contributed by atoms with van der Waals surface area (Å²) in [6.07, 6.45) is 4.32. The highest BCUT2D eigenvalue weighted by Gasteiger charge is 2.23. The number of piperidine rings is 1. The van der Waals surface area contributed by atoms with Crippen molar-refractivity contribution in [2.75, 3.05) is 18.9 Å². The van der Waals surface area contributed by atoms with Crippen molar-refractivity contribution in [1.29, 1.82) is 0 Å². The number of allylic oxidation sites excluding steroid dienone is 1. The van der Waals surface area contributed by atoms with Crippen LogP contribution < -0.4 is 10.9 Å². The first-order valence-corrected chi connectivity index (χ1v) is 6.77. The molecule has 1 fully saturated rings. The Hall–Kier alpha value is -1.82. The molecule has 1 amide bonds. The van der Waals surface area contributed by atoms with Gasteiger partial charge in [0.25, 0.3) is 5.56 Å². The number of likely N-dealkylation sites (N-methyl/N-ethyl adjacent to an activating group) is 1. The lowest BCUT2D eigenvalue weighted by molar-refractivity contribution is -0.132. The Morgan fingerprint density at radius 2 is 2.35 bits per heavy atom. The number of aromatic nitrogens is 2. The van der Waals surface area contributed by atoms with Crippen LogP contribution in [0.15, 0.2) is 23.6 Å². The first-order chi connectivity index (χ1) is 9.52. The molecule has 0 radical (unpaired) electrons. The van der Waals surface area contributed by atoms with Crippen molar-refractivity contribution in [2.24, 2.45) is 0 Å². The lowest BCUT2D eigenvalue weighted by Crippen LogP contribution is -2.43. The highest BCUT2D eigenvalue weighted by molar-refractivity contribution is 6.32. The average molecular weight is 297 g/mol. The molecule has 1 aliphatic heterocycles. The maximum Gasteiger partial charge on any atom is 0.287 e. The Labute approximate surface area is 122 Å². The summed E-state index contributed by atoms with van der Waals surface area (Å²) >= 11 is 6.07. The molecule has 1 N–H and O–H groups in total. The fraction of sp³-hybridized carbons (Fsp3) is 0.462. The van der Waals surface area contributed by atoms with Crippen LogP contribution in [0.3, 0.4) is 0 Å². The van der Waals surface area contributed by atoms with Crippen molar-refractivity contribution >= 4 is 23.2 Å². The molecule has 1 aliphatic rings. The lowest BCUT2D eigenvalue weighted by atomic mass is 10.1. The monoisotopic (exact) mass is 296 g/mol. The van der Waals surface area contributed by atoms with E-state index in [0.29, 0.717) is 25.2 Å². The smallest absolute Gasteiger partial charge is 0.287 e. The van der Waals surface area contributed by atoms with Gasteiger partial charge in [-0.2, -0.15) is 5.10 Å². The van der Waals surface area contributed by atoms with Gasteiger partial charge in [-0.15, -0.1) is 6.58 Å². The van der Waals surface area contributed by atoms with E-state index in [1.807, 2.05) is 0 Å². The molecule has 1 saturated heterocycles. The fourth-order valence-electron chi connectivity index (χ4n) is 2.17. The summed E-state index contributed by atoms with van der Waals surface area (Å²) in [5, 5.41) is 7.33. The molecule has 108 valence electrons. The first kappa shape index (κ1) is 14.6. The van der Waals surface area contributed by atoms with Gasteiger partial charge in [0.1, 0.15) is 5.02 Å². The Kier molecular flexibility index (Phi) is 4.44. The summed E-state index contributed by atoms with van der Waals surface area (Å²) in [5.41, 5.74) is 0.154. The Morgan fingerprint density at radius 3 is 3.00 bits per heavy atom. The van der Waals surface area contributed by atoms with Crippen LogP contribution in [0.5, 0.6) is 0 Å². The number of nitrogens with zero attached hydrogens (tertiary/aromatic N) is 3. The average Bonchev–Trinajstić information content (AvgIpc) is 2.42. The summed E-state index contributed by atoms with van der Waals surface area (Å²) in [6, 6.07) is 0.0756. The van der Waals surface area contributed by atoms with Gasteiger partial charge >= 0.3 is 0 Å². The number of carbonyl (C=O) groups is 1. The molecule has 2 heterocycles. The van der Waals surface area contributed by atoms with E-state index in [1.54, 1.807) is 18.0 Å². The van der Waals surface area contributed by atoms with Gasteiger partial charge in [0.2, 0.25) is 5.91 Å². The van der Waals surface area contributed by atoms with Crippen molar-refractivity contribution in [2.45, 2.75) is 25.4 Å². The highest BCUT2D eigenvalue weighted by Crippen LogP contribution is 2.20. The Balaban J connectivity index is 2.14. The Morgan fingerprint density at radius 1 is 1.60 bits per heavy atom. The van der Waals surface area contributed by atoms with E-state index in [2.05, 4.69) is 17.0 Å². The molecule has 0 aromatic carbocycles. The number of halogens is 1. The third kappa shape index (κ3) is 3.01. The second kappa shape index (κ2) is 6.09. The third-order valence-electron chi connectivity index (χ3n) is 3.27. The molecule has 1 atom stereocenters. The van der Waals surface area contributed by atoms with E-state index >= 15 is 0 Å². The summed E-state index contributed by atoms with van der Waals surface area (Å²) in [7, 11) is 1.76. The fourth-order valence-corrected chi connectivity index (χ4v) is 2.37. The predicted molar refractivity (Wildman–Crippen MR) is 78.0 cm³/mol. The van der Waals surface area contributed by atoms with Crippen molar-refractivity contribution in [3.8, 4) is 0 Å². The molecule has 1 aromatic rings. The van der Waals surface area contributed by atoms with Crippen LogP contribution in [0.4, 0.5) is 5.69 Å². The van der Waals surface area contributed by atoms with E-state index in [1.165, 1.54) is 10.9 Å². The number of nitrogens with one attached hydrogen (secondary N) is 1. The van der Waals surface area contributed by atoms with Crippen LogP contribution in [0.1, 0.15) is 12.8 Å². The van der Waals surface area contributed by atoms with E-state index in [-0.39, 0.29) is 22.5 Å². The van der Waals surface area contributed by atoms with Gasteiger partial charge < -0.3 is 10.2 Å². The van der Waals surface area contributed by atoms with Gasteiger partial charge in [0.05, 0.1) is 18.4 Å². The van der Waals surface area contributed by atoms with E-state index in [9.17, 15) is 9.59 Å². The minimum atomic E-state index is -0.350. The lowest BCUT2D eigenvalue weighted by Gasteiger charge is -2.30. The third-order valence-corrected chi connectivity index (χ3v) is 3.64. The number of carbonyl (C=O) groups excluding carboxylic acids is 1. The second-order valence-electron chi connectivity index (χ2n) is 4.80. The number of likely N-dealkylation sites (tertiary alicyclic amines) is 1. The molecule has 0 saturated carbocycles. The van der Waals surface area contributed by atoms with Crippen molar-refractivity contribution in [1.82, 2.24) is 14.7 Å². The van der Waals surface area contributed by atoms with Crippen LogP contribution in [0.2, 0.25) is 5.02 Å². The SMILES string of the molecule is C=CCn1ncc(NC2CCC(=O)N(C)C2)c(Cl)c1=O. The molecule has 20 heavy (non-hydrogen) atoms. The van der Waals surface area contributed by atoms with Gasteiger partial charge in [-0.1, -0.05) is 17.7 Å². The maximum absolute atomic E-state index is 12.0. The largest absolute Gasteiger partial charge is 0.378 e. The highest BCUT2D eigenvalue weighted by atomic mass is 35.5. The molecule has 7 heteroatoms. The first-order valence-electron chi connectivity index (χ1n) is 6.40. The van der Waals surface area contributed by atoms with Crippen LogP contribution in [-0.2, 0) is 11.3 Å². The van der Waals surface area contributed by atoms with Gasteiger partial charge in [-0.05, 0) is 6.42 Å². The van der Waals surface area contributed by atoms with Crippen LogP contribution in [0, 0.1) is 0 Å². The zero-order chi connectivity index (χ0) is 14.7. The van der Waals surface area contributed by atoms with E-state index in [4.69, 9.17) is 11.6 Å². The molecule has 1 aromatic heterocycles. The van der Waals surface area contributed by atoms with Gasteiger partial charge in [-0.3, -0.25) is 9.59 Å². The van der Waals surface area contributed by atoms with Gasteiger partial charge in [0.15, 0.2) is 0 Å². The predicted octanol–water partition coefficient (Wildman–Crippen LogP) is 1.12. The number of rotatable bonds is 4. The van der Waals surface area contributed by atoms with Crippen molar-refractivity contribution in [3.05, 3.63) is 34.2 Å². The number of anilines is 1. The normalized spacial score (nSPS) is 19.0. The zero-order valence-corrected chi connectivity index (χ0v) is 12.1. The van der Waals surface area contributed by atoms with E-state index < -0.39 is 0 Å². The molecule has 0 bridgehead atoms. The molecule has 1 unspecified atom stereocenters. The minimum Gasteiger partial charge on any atom is -0.378 e. The summed E-state index contributed by atoms with van der Waals surface area (Å²) in [6.45, 7) is 4.47. The number of hydrogen-bond acceptors (Lipinski definition) is 4. The molecule has 2 rings (SSSR count). The summed E-state index contributed by atoms with van der Waals surface area (Å²) < 4.78 is 1.25. The summed E-state index contributed by atoms with van der Waals surface area (Å²) in [5.74, 6) is 0.133. The molecular formula is C13H17ClN4O2. The minimum absolute atomic E-state index is 0.0756. The standard InChI is InChI=1S/C13H17ClN4O2/c1-3-6-18-13(20)12(14)10(7-15-18)16-9-4-5-11(19)17(2)8-9/h3,7,9,16H,1,4-6,8H2,2H3. The second-order valence-corrected chi connectivity index (χ2v) is 5.18. The topological polar surface area (TPSA) is 67.2 Å². The molecule has 6 nitrogen and oxygen atoms in total. The maximum atomic E-state index is 12.0. The Bertz CT molecular complexity index is 584. The van der Waals surface area contributed by atoms with Crippen LogP contribution >= 0.6 is 11.6 Å². The van der Waals surface area contributed by atoms with Gasteiger partial charge in [-0.25, -0.2) is 4.68 Å². The molecule has 0 aliphatic carbocycles. The quantitative estimate of drug-likeness (QED) is 0.846. The van der Waals surface area contributed by atoms with Gasteiger partial charge in [0, 0.05) is 26.1 Å². The van der Waals surface area contributed by atoms with E-state index in [0.717, 1.165) is 6.42 Å². The van der Waals surface area contributed by atoms with Crippen LogP contribution in [0.25, 0.3) is 0 Å². The molecule has 0 spiro atoms. The number of hydrogen-bond donors (Lipinski definition) is 1. The van der Waals surface area contributed by atoms with Crippen molar-refractivity contribution < 1.29 is 4.79 Å². The van der Waals surface area contributed by atoms with Crippen molar-refractivity contribution in [3.63, 3.8) is 0 Å².